The summed E-state index contributed by atoms with van der Waals surface area (Å²) in [5, 5.41) is 0. The van der Waals surface area contributed by atoms with E-state index < -0.39 is 82.3 Å². The lowest BCUT2D eigenvalue weighted by atomic mass is 9.58. The molecule has 0 aromatic heterocycles. The molecule has 0 N–H and O–H groups in total. The highest BCUT2D eigenvalue weighted by Gasteiger charge is 2.83. The number of Topliss-reactive ketones (excluding diaryl/α,β-unsaturated/α-hetero) is 1. The van der Waals surface area contributed by atoms with E-state index in [2.05, 4.69) is 0 Å². The van der Waals surface area contributed by atoms with Crippen LogP contribution in [0.25, 0.3) is 0 Å². The molecule has 0 heterocycles. The summed E-state index contributed by atoms with van der Waals surface area (Å²) in [6.45, 7) is 13.7. The first kappa shape index (κ1) is 31.7. The van der Waals surface area contributed by atoms with Crippen LogP contribution in [-0.2, 0) is 52.5 Å². The minimum Gasteiger partial charge on any atom is -0.462 e. The number of fused-ring (bicyclic) bond motifs is 3. The topological polar surface area (TPSA) is 149 Å². The lowest BCUT2D eigenvalue weighted by Crippen LogP contribution is -2.69. The Morgan fingerprint density at radius 3 is 2.02 bits per heavy atom. The first-order chi connectivity index (χ1) is 19.5. The number of ether oxygens (including phenoxy) is 5. The van der Waals surface area contributed by atoms with Crippen molar-refractivity contribution in [2.45, 2.75) is 99.1 Å². The molecule has 1 spiro atoms. The van der Waals surface area contributed by atoms with Gasteiger partial charge >= 0.3 is 29.8 Å². The van der Waals surface area contributed by atoms with Crippen molar-refractivity contribution >= 4 is 35.6 Å². The van der Waals surface area contributed by atoms with E-state index >= 15 is 4.79 Å². The Morgan fingerprint density at radius 2 is 1.50 bits per heavy atom. The monoisotopic (exact) mass is 590 g/mol. The number of ketones is 1. The van der Waals surface area contributed by atoms with E-state index in [9.17, 15) is 24.0 Å². The number of hydrogen-bond donors (Lipinski definition) is 0. The van der Waals surface area contributed by atoms with E-state index in [1.807, 2.05) is 13.8 Å². The van der Waals surface area contributed by atoms with Gasteiger partial charge in [0, 0.05) is 57.4 Å². The van der Waals surface area contributed by atoms with Gasteiger partial charge in [-0.3, -0.25) is 28.8 Å². The minimum absolute atomic E-state index is 0.0984. The van der Waals surface area contributed by atoms with Gasteiger partial charge in [-0.2, -0.15) is 0 Å². The lowest BCUT2D eigenvalue weighted by Gasteiger charge is -2.52. The second-order valence-electron chi connectivity index (χ2n) is 12.9. The van der Waals surface area contributed by atoms with Gasteiger partial charge in [-0.25, -0.2) is 0 Å². The molecule has 4 aliphatic rings. The van der Waals surface area contributed by atoms with Crippen molar-refractivity contribution in [2.24, 2.45) is 40.4 Å². The Bertz CT molecular complexity index is 1230. The number of carbonyl (C=O) groups excluding carboxylic acids is 6. The Balaban J connectivity index is 2.12. The Kier molecular flexibility index (Phi) is 8.14. The maximum Gasteiger partial charge on any atom is 0.305 e. The molecule has 0 aromatic carbocycles. The van der Waals surface area contributed by atoms with Crippen LogP contribution in [0, 0.1) is 40.4 Å². The van der Waals surface area contributed by atoms with Crippen LogP contribution >= 0.6 is 0 Å². The van der Waals surface area contributed by atoms with Gasteiger partial charge in [0.05, 0.1) is 5.41 Å². The molecule has 42 heavy (non-hydrogen) atoms. The van der Waals surface area contributed by atoms with E-state index in [0.717, 1.165) is 0 Å². The van der Waals surface area contributed by atoms with Gasteiger partial charge in [-0.15, -0.1) is 0 Å². The molecule has 3 fully saturated rings. The fraction of sp³-hybridized carbons (Fsp3) is 0.742. The summed E-state index contributed by atoms with van der Waals surface area (Å²) in [5.41, 5.74) is -3.82. The Labute approximate surface area is 246 Å². The largest absolute Gasteiger partial charge is 0.462 e. The van der Waals surface area contributed by atoms with Crippen molar-refractivity contribution in [2.75, 3.05) is 6.61 Å². The fourth-order valence-corrected chi connectivity index (χ4v) is 8.62. The summed E-state index contributed by atoms with van der Waals surface area (Å²) in [6.07, 6.45) is -1.53. The van der Waals surface area contributed by atoms with Crippen LogP contribution in [0.4, 0.5) is 0 Å². The molecular formula is C31H42O11. The fourth-order valence-electron chi connectivity index (χ4n) is 8.62. The van der Waals surface area contributed by atoms with Crippen molar-refractivity contribution < 1.29 is 52.5 Å². The maximum absolute atomic E-state index is 15.2. The van der Waals surface area contributed by atoms with E-state index in [4.69, 9.17) is 23.7 Å². The predicted octanol–water partition coefficient (Wildman–Crippen LogP) is 3.11. The van der Waals surface area contributed by atoms with Crippen LogP contribution < -0.4 is 0 Å². The zero-order chi connectivity index (χ0) is 31.5. The maximum atomic E-state index is 15.2. The minimum atomic E-state index is -2.05. The predicted molar refractivity (Wildman–Crippen MR) is 145 cm³/mol. The zero-order valence-corrected chi connectivity index (χ0v) is 25.8. The smallest absolute Gasteiger partial charge is 0.305 e. The van der Waals surface area contributed by atoms with Gasteiger partial charge in [0.25, 0.3) is 0 Å². The molecule has 4 aliphatic carbocycles. The van der Waals surface area contributed by atoms with Crippen molar-refractivity contribution in [3.05, 3.63) is 11.6 Å². The van der Waals surface area contributed by atoms with Crippen LogP contribution in [0.15, 0.2) is 11.6 Å². The van der Waals surface area contributed by atoms with Crippen LogP contribution in [0.2, 0.25) is 0 Å². The molecule has 11 heteroatoms. The molecule has 4 rings (SSSR count). The first-order valence-corrected chi connectivity index (χ1v) is 14.6. The van der Waals surface area contributed by atoms with Crippen LogP contribution in [-0.4, -0.2) is 66.1 Å². The summed E-state index contributed by atoms with van der Waals surface area (Å²) in [4.78, 5) is 78.3. The van der Waals surface area contributed by atoms with E-state index in [1.165, 1.54) is 27.7 Å². The van der Waals surface area contributed by atoms with E-state index in [-0.39, 0.29) is 42.6 Å². The third kappa shape index (κ3) is 4.63. The van der Waals surface area contributed by atoms with Crippen molar-refractivity contribution in [3.8, 4) is 0 Å². The number of allylic oxidation sites excluding steroid dienone is 1. The lowest BCUT2D eigenvalue weighted by molar-refractivity contribution is -0.238. The van der Waals surface area contributed by atoms with Gasteiger partial charge < -0.3 is 23.7 Å². The van der Waals surface area contributed by atoms with E-state index in [0.29, 0.717) is 0 Å². The molecule has 11 nitrogen and oxygen atoms in total. The second-order valence-corrected chi connectivity index (χ2v) is 12.9. The van der Waals surface area contributed by atoms with Gasteiger partial charge in [0.2, 0.25) is 5.60 Å². The summed E-state index contributed by atoms with van der Waals surface area (Å²) >= 11 is 0. The molecule has 3 saturated carbocycles. The van der Waals surface area contributed by atoms with Crippen LogP contribution in [0.5, 0.6) is 0 Å². The number of carbonyl (C=O) groups is 6. The molecule has 0 radical (unpaired) electrons. The average molecular weight is 591 g/mol. The average Bonchev–Trinajstić information content (AvgIpc) is 3.39. The molecule has 0 aromatic rings. The number of rotatable bonds is 7. The van der Waals surface area contributed by atoms with Gasteiger partial charge in [0.15, 0.2) is 11.9 Å². The van der Waals surface area contributed by atoms with Crippen molar-refractivity contribution in [1.82, 2.24) is 0 Å². The highest BCUT2D eigenvalue weighted by Crippen LogP contribution is 2.74. The van der Waals surface area contributed by atoms with Gasteiger partial charge in [-0.1, -0.05) is 40.7 Å². The standard InChI is InChI=1S/C31H42O11/c1-10-22(36)41-25-15(3)30-12-14(2)27(39-17(5)33)31(30,42-19(7)35)28(40-18(6)34)20(13-38-16(4)32)11-21(26(30)37)23-24(25)29(23,8)9/h11,14-15,21,23-25,27-28H,10,12-13H2,1-9H3. The molecule has 0 saturated heterocycles. The van der Waals surface area contributed by atoms with Crippen molar-refractivity contribution in [1.29, 1.82) is 0 Å². The molecule has 0 amide bonds. The van der Waals surface area contributed by atoms with E-state index in [1.54, 1.807) is 26.8 Å². The second kappa shape index (κ2) is 10.8. The zero-order valence-electron chi connectivity index (χ0n) is 25.8. The third-order valence-electron chi connectivity index (χ3n) is 10.0. The Morgan fingerprint density at radius 1 is 0.881 bits per heavy atom. The molecule has 232 valence electrons. The molecule has 10 unspecified atom stereocenters. The summed E-state index contributed by atoms with van der Waals surface area (Å²) < 4.78 is 29.6. The van der Waals surface area contributed by atoms with Gasteiger partial charge in [-0.05, 0) is 23.7 Å². The quantitative estimate of drug-likeness (QED) is 0.245. The molecule has 0 aliphatic heterocycles. The SMILES string of the molecule is CCC(=O)OC1C2C(C3C=C(COC(C)=O)C(OC(C)=O)C4(OC(C)=O)C(OC(C)=O)C(C)CC4(C3=O)C1C)C2(C)C. The highest BCUT2D eigenvalue weighted by molar-refractivity contribution is 5.94. The highest BCUT2D eigenvalue weighted by atomic mass is 16.6. The van der Waals surface area contributed by atoms with Crippen LogP contribution in [0.3, 0.4) is 0 Å². The Hall–Kier alpha value is -3.24. The summed E-state index contributed by atoms with van der Waals surface area (Å²) in [5.74, 6) is -6.10. The molecule has 2 bridgehead atoms. The summed E-state index contributed by atoms with van der Waals surface area (Å²) in [6, 6.07) is 0. The third-order valence-corrected chi connectivity index (χ3v) is 10.0. The van der Waals surface area contributed by atoms with Crippen LogP contribution in [0.1, 0.15) is 75.2 Å². The molecule has 10 atom stereocenters. The number of esters is 5. The normalized spacial score (nSPS) is 39.3. The van der Waals surface area contributed by atoms with Gasteiger partial charge in [0.1, 0.15) is 18.8 Å². The van der Waals surface area contributed by atoms with Crippen molar-refractivity contribution in [3.63, 3.8) is 0 Å². The molecular weight excluding hydrogens is 548 g/mol. The summed E-state index contributed by atoms with van der Waals surface area (Å²) in [7, 11) is 0. The number of hydrogen-bond acceptors (Lipinski definition) is 11. The first-order valence-electron chi connectivity index (χ1n) is 14.6.